The fourth-order valence-corrected chi connectivity index (χ4v) is 2.14. The van der Waals surface area contributed by atoms with Crippen molar-refractivity contribution in [2.24, 2.45) is 0 Å². The highest BCUT2D eigenvalue weighted by molar-refractivity contribution is 8.03. The molecule has 0 amide bonds. The first kappa shape index (κ1) is 14.1. The normalized spacial score (nSPS) is 12.3. The van der Waals surface area contributed by atoms with Crippen molar-refractivity contribution in [2.75, 3.05) is 0 Å². The summed E-state index contributed by atoms with van der Waals surface area (Å²) in [6.45, 7) is 5.25. The summed E-state index contributed by atoms with van der Waals surface area (Å²) in [5.41, 5.74) is 0.230. The van der Waals surface area contributed by atoms with E-state index in [2.05, 4.69) is 6.58 Å². The number of carboxylic acid groups (broad SMARTS) is 1. The number of thioether (sulfide) groups is 1. The van der Waals surface area contributed by atoms with Crippen molar-refractivity contribution in [2.45, 2.75) is 11.8 Å². The predicted molar refractivity (Wildman–Crippen MR) is 73.6 cm³/mol. The zero-order valence-electron chi connectivity index (χ0n) is 9.96. The molecule has 0 aromatic heterocycles. The van der Waals surface area contributed by atoms with Gasteiger partial charge in [0.05, 0.1) is 5.57 Å². The highest BCUT2D eigenvalue weighted by Gasteiger charge is 2.09. The monoisotopic (exact) mass is 262 g/mol. The van der Waals surface area contributed by atoms with Crippen LogP contribution in [0.1, 0.15) is 6.92 Å². The smallest absolute Gasteiger partial charge is 0.336 e. The van der Waals surface area contributed by atoms with E-state index in [4.69, 9.17) is 10.2 Å². The predicted octanol–water partition coefficient (Wildman–Crippen LogP) is 3.59. The third kappa shape index (κ3) is 4.14. The second-order valence-corrected chi connectivity index (χ2v) is 4.75. The molecule has 2 N–H and O–H groups in total. The van der Waals surface area contributed by atoms with Crippen molar-refractivity contribution in [1.82, 2.24) is 0 Å². The molecule has 0 spiro atoms. The largest absolute Gasteiger partial charge is 0.508 e. The van der Waals surface area contributed by atoms with E-state index in [0.717, 1.165) is 4.90 Å². The average molecular weight is 262 g/mol. The molecule has 0 saturated carbocycles. The third-order valence-electron chi connectivity index (χ3n) is 2.12. The molecule has 94 valence electrons. The molecule has 0 fully saturated rings. The van der Waals surface area contributed by atoms with Gasteiger partial charge in [0.2, 0.25) is 0 Å². The first-order valence-corrected chi connectivity index (χ1v) is 6.06. The minimum Gasteiger partial charge on any atom is -0.508 e. The summed E-state index contributed by atoms with van der Waals surface area (Å²) in [6, 6.07) is 6.60. The van der Waals surface area contributed by atoms with E-state index >= 15 is 0 Å². The van der Waals surface area contributed by atoms with Crippen molar-refractivity contribution in [3.8, 4) is 5.75 Å². The van der Waals surface area contributed by atoms with E-state index < -0.39 is 5.97 Å². The molecule has 1 aromatic rings. The molecule has 0 atom stereocenters. The summed E-state index contributed by atoms with van der Waals surface area (Å²) in [5, 5.41) is 18.3. The maximum atomic E-state index is 11.1. The van der Waals surface area contributed by atoms with E-state index in [1.807, 2.05) is 0 Å². The van der Waals surface area contributed by atoms with E-state index in [9.17, 15) is 4.79 Å². The van der Waals surface area contributed by atoms with Crippen LogP contribution in [0.3, 0.4) is 0 Å². The highest BCUT2D eigenvalue weighted by atomic mass is 32.2. The molecule has 0 aliphatic rings. The molecule has 0 heterocycles. The Morgan fingerprint density at radius 1 is 1.33 bits per heavy atom. The van der Waals surface area contributed by atoms with Crippen molar-refractivity contribution in [3.05, 3.63) is 59.6 Å². The lowest BCUT2D eigenvalue weighted by atomic mass is 10.2. The Labute approximate surface area is 110 Å². The number of aliphatic carboxylic acids is 1. The summed E-state index contributed by atoms with van der Waals surface area (Å²) >= 11 is 1.34. The zero-order chi connectivity index (χ0) is 13.5. The lowest BCUT2D eigenvalue weighted by Crippen LogP contribution is -1.99. The van der Waals surface area contributed by atoms with Gasteiger partial charge in [-0.15, -0.1) is 0 Å². The summed E-state index contributed by atoms with van der Waals surface area (Å²) in [4.78, 5) is 12.6. The van der Waals surface area contributed by atoms with Crippen LogP contribution in [0.5, 0.6) is 5.75 Å². The molecule has 4 heteroatoms. The maximum absolute atomic E-state index is 11.1. The van der Waals surface area contributed by atoms with Crippen LogP contribution < -0.4 is 0 Å². The Bertz CT molecular complexity index is 498. The number of hydrogen-bond acceptors (Lipinski definition) is 3. The zero-order valence-corrected chi connectivity index (χ0v) is 10.8. The molecule has 0 unspecified atom stereocenters. The number of aromatic hydroxyl groups is 1. The van der Waals surface area contributed by atoms with Gasteiger partial charge in [-0.1, -0.05) is 30.5 Å². The van der Waals surface area contributed by atoms with Gasteiger partial charge in [0.1, 0.15) is 5.75 Å². The second kappa shape index (κ2) is 6.71. The van der Waals surface area contributed by atoms with Crippen LogP contribution in [0.15, 0.2) is 64.4 Å². The Kier molecular flexibility index (Phi) is 5.27. The Morgan fingerprint density at radius 3 is 2.44 bits per heavy atom. The van der Waals surface area contributed by atoms with Crippen molar-refractivity contribution >= 4 is 17.7 Å². The molecule has 0 saturated heterocycles. The van der Waals surface area contributed by atoms with Crippen LogP contribution in [0, 0.1) is 0 Å². The van der Waals surface area contributed by atoms with Gasteiger partial charge in [0.15, 0.2) is 0 Å². The third-order valence-corrected chi connectivity index (χ3v) is 3.15. The maximum Gasteiger partial charge on any atom is 0.336 e. The van der Waals surface area contributed by atoms with Crippen LogP contribution in [0.25, 0.3) is 0 Å². The van der Waals surface area contributed by atoms with Crippen molar-refractivity contribution in [1.29, 1.82) is 0 Å². The molecule has 1 rings (SSSR count). The number of benzene rings is 1. The van der Waals surface area contributed by atoms with Gasteiger partial charge < -0.3 is 10.2 Å². The lowest BCUT2D eigenvalue weighted by Gasteiger charge is -2.04. The molecule has 3 nitrogen and oxygen atoms in total. The number of carbonyl (C=O) groups is 1. The van der Waals surface area contributed by atoms with Gasteiger partial charge in [-0.25, -0.2) is 4.79 Å². The Morgan fingerprint density at radius 2 is 1.94 bits per heavy atom. The van der Waals surface area contributed by atoms with Gasteiger partial charge in [0.25, 0.3) is 0 Å². The lowest BCUT2D eigenvalue weighted by molar-refractivity contribution is -0.132. The van der Waals surface area contributed by atoms with Gasteiger partial charge in [0, 0.05) is 9.80 Å². The molecule has 0 aliphatic heterocycles. The number of rotatable bonds is 5. The standard InChI is InChI=1S/C14H14O3S/c1-3-4-5-13(14(16)17)10(2)18-12-8-6-11(15)7-9-12/h3-9,15H,1H2,2H3,(H,16,17)/b5-4-,13-10-. The van der Waals surface area contributed by atoms with Crippen LogP contribution >= 0.6 is 11.8 Å². The van der Waals surface area contributed by atoms with Gasteiger partial charge in [-0.05, 0) is 37.3 Å². The fraction of sp³-hybridized carbons (Fsp3) is 0.0714. The van der Waals surface area contributed by atoms with Gasteiger partial charge >= 0.3 is 5.97 Å². The van der Waals surface area contributed by atoms with Crippen LogP contribution in [0.2, 0.25) is 0 Å². The first-order valence-electron chi connectivity index (χ1n) is 5.24. The number of phenols is 1. The minimum absolute atomic E-state index is 0.186. The quantitative estimate of drug-likeness (QED) is 0.484. The van der Waals surface area contributed by atoms with Crippen LogP contribution in [-0.4, -0.2) is 16.2 Å². The van der Waals surface area contributed by atoms with E-state index in [-0.39, 0.29) is 11.3 Å². The first-order chi connectivity index (χ1) is 8.54. The fourth-order valence-electron chi connectivity index (χ4n) is 1.25. The summed E-state index contributed by atoms with van der Waals surface area (Å²) in [5.74, 6) is -0.789. The minimum atomic E-state index is -0.975. The molecule has 0 radical (unpaired) electrons. The van der Waals surface area contributed by atoms with Crippen molar-refractivity contribution < 1.29 is 15.0 Å². The van der Waals surface area contributed by atoms with E-state index in [0.29, 0.717) is 4.91 Å². The number of carboxylic acids is 1. The number of allylic oxidation sites excluding steroid dienone is 3. The van der Waals surface area contributed by atoms with Gasteiger partial charge in [-0.2, -0.15) is 0 Å². The molecule has 0 bridgehead atoms. The van der Waals surface area contributed by atoms with E-state index in [1.165, 1.54) is 23.9 Å². The molecular weight excluding hydrogens is 248 g/mol. The highest BCUT2D eigenvalue weighted by Crippen LogP contribution is 2.30. The number of phenolic OH excluding ortho intramolecular Hbond substituents is 1. The van der Waals surface area contributed by atoms with Gasteiger partial charge in [-0.3, -0.25) is 0 Å². The summed E-state index contributed by atoms with van der Waals surface area (Å²) in [7, 11) is 0. The summed E-state index contributed by atoms with van der Waals surface area (Å²) in [6.07, 6.45) is 4.63. The van der Waals surface area contributed by atoms with E-state index in [1.54, 1.807) is 37.3 Å². The van der Waals surface area contributed by atoms with Crippen LogP contribution in [-0.2, 0) is 4.79 Å². The average Bonchev–Trinajstić information content (AvgIpc) is 2.32. The SMILES string of the molecule is C=C/C=C\C(C(=O)O)=C(/C)Sc1ccc(O)cc1. The van der Waals surface area contributed by atoms with Crippen molar-refractivity contribution in [3.63, 3.8) is 0 Å². The molecule has 18 heavy (non-hydrogen) atoms. The molecule has 0 aliphatic carbocycles. The Hall–Kier alpha value is -1.94. The topological polar surface area (TPSA) is 57.5 Å². The number of hydrogen-bond donors (Lipinski definition) is 2. The second-order valence-electron chi connectivity index (χ2n) is 3.47. The summed E-state index contributed by atoms with van der Waals surface area (Å²) < 4.78 is 0. The molecule has 1 aromatic carbocycles. The van der Waals surface area contributed by atoms with Crippen LogP contribution in [0.4, 0.5) is 0 Å². The molecular formula is C14H14O3S. The Balaban J connectivity index is 2.97.